The lowest BCUT2D eigenvalue weighted by atomic mass is 10.2. The van der Waals surface area contributed by atoms with Crippen LogP contribution in [0.3, 0.4) is 0 Å². The average Bonchev–Trinajstić information content (AvgIpc) is 3.15. The number of amides is 2. The third-order valence-corrected chi connectivity index (χ3v) is 4.63. The maximum Gasteiger partial charge on any atom is 0.253 e. The lowest BCUT2D eigenvalue weighted by Crippen LogP contribution is -2.37. The summed E-state index contributed by atoms with van der Waals surface area (Å²) in [4.78, 5) is 26.1. The Hall–Kier alpha value is -2.83. The molecule has 2 aromatic carbocycles. The van der Waals surface area contributed by atoms with Crippen LogP contribution in [0, 0.1) is 0 Å². The Labute approximate surface area is 172 Å². The second-order valence-corrected chi connectivity index (χ2v) is 7.03. The van der Waals surface area contributed by atoms with Crippen molar-refractivity contribution < 1.29 is 9.59 Å². The first-order chi connectivity index (χ1) is 13.4. The highest BCUT2D eigenvalue weighted by atomic mass is 35.5. The van der Waals surface area contributed by atoms with E-state index in [1.165, 1.54) is 17.0 Å². The van der Waals surface area contributed by atoms with Crippen molar-refractivity contribution in [3.8, 4) is 5.69 Å². The molecular weight excluding hydrogens is 399 g/mol. The van der Waals surface area contributed by atoms with E-state index >= 15 is 0 Å². The van der Waals surface area contributed by atoms with E-state index in [2.05, 4.69) is 10.4 Å². The van der Waals surface area contributed by atoms with Crippen LogP contribution >= 0.6 is 23.2 Å². The molecule has 0 aliphatic heterocycles. The van der Waals surface area contributed by atoms with Crippen LogP contribution in [0.5, 0.6) is 0 Å². The molecule has 0 spiro atoms. The van der Waals surface area contributed by atoms with Gasteiger partial charge in [-0.1, -0.05) is 41.4 Å². The minimum absolute atomic E-state index is 0.138. The van der Waals surface area contributed by atoms with Gasteiger partial charge in [0.05, 0.1) is 29.0 Å². The van der Waals surface area contributed by atoms with Crippen molar-refractivity contribution in [3.63, 3.8) is 0 Å². The Kier molecular flexibility index (Phi) is 6.34. The molecule has 0 saturated carbocycles. The van der Waals surface area contributed by atoms with Crippen LogP contribution in [0.2, 0.25) is 10.0 Å². The first-order valence-corrected chi connectivity index (χ1v) is 9.26. The summed E-state index contributed by atoms with van der Waals surface area (Å²) in [7, 11) is 1.67. The lowest BCUT2D eigenvalue weighted by Gasteiger charge is -2.16. The zero-order valence-electron chi connectivity index (χ0n) is 15.1. The van der Waals surface area contributed by atoms with Gasteiger partial charge in [-0.05, 0) is 30.3 Å². The van der Waals surface area contributed by atoms with Crippen molar-refractivity contribution in [3.05, 3.63) is 82.1 Å². The number of benzene rings is 2. The predicted octanol–water partition coefficient (Wildman–Crippen LogP) is 3.57. The molecule has 6 nitrogen and oxygen atoms in total. The number of hydrogen-bond acceptors (Lipinski definition) is 3. The van der Waals surface area contributed by atoms with Crippen LogP contribution in [-0.2, 0) is 11.3 Å². The summed E-state index contributed by atoms with van der Waals surface area (Å²) in [5.74, 6) is -0.661. The highest BCUT2D eigenvalue weighted by Gasteiger charge is 2.15. The molecule has 1 N–H and O–H groups in total. The van der Waals surface area contributed by atoms with Crippen molar-refractivity contribution >= 4 is 35.0 Å². The number of para-hydroxylation sites is 1. The maximum atomic E-state index is 12.3. The summed E-state index contributed by atoms with van der Waals surface area (Å²) < 4.78 is 1.75. The summed E-state index contributed by atoms with van der Waals surface area (Å²) >= 11 is 11.8. The molecule has 0 fully saturated rings. The van der Waals surface area contributed by atoms with Gasteiger partial charge in [0.15, 0.2) is 0 Å². The Morgan fingerprint density at radius 2 is 1.89 bits per heavy atom. The van der Waals surface area contributed by atoms with Crippen molar-refractivity contribution in [1.82, 2.24) is 20.0 Å². The van der Waals surface area contributed by atoms with E-state index < -0.39 is 5.91 Å². The molecule has 0 unspecified atom stereocenters. The number of nitrogens with zero attached hydrogens (tertiary/aromatic N) is 3. The molecule has 0 radical (unpaired) electrons. The minimum Gasteiger partial charge on any atom is -0.343 e. The monoisotopic (exact) mass is 416 g/mol. The number of carbonyl (C=O) groups is 2. The van der Waals surface area contributed by atoms with E-state index in [0.717, 1.165) is 11.3 Å². The van der Waals surface area contributed by atoms with E-state index in [0.29, 0.717) is 11.6 Å². The number of aromatic nitrogens is 2. The second kappa shape index (κ2) is 8.91. The van der Waals surface area contributed by atoms with Gasteiger partial charge in [-0.2, -0.15) is 5.10 Å². The first kappa shape index (κ1) is 19.9. The normalized spacial score (nSPS) is 10.5. The largest absolute Gasteiger partial charge is 0.343 e. The molecule has 0 aliphatic carbocycles. The third-order valence-electron chi connectivity index (χ3n) is 4.08. The van der Waals surface area contributed by atoms with Gasteiger partial charge < -0.3 is 10.2 Å². The van der Waals surface area contributed by atoms with Crippen LogP contribution < -0.4 is 5.32 Å². The summed E-state index contributed by atoms with van der Waals surface area (Å²) in [6.07, 6.45) is 3.58. The van der Waals surface area contributed by atoms with Crippen molar-refractivity contribution in [2.75, 3.05) is 13.6 Å². The van der Waals surface area contributed by atoms with Gasteiger partial charge in [-0.15, -0.1) is 0 Å². The van der Waals surface area contributed by atoms with Crippen LogP contribution in [-0.4, -0.2) is 40.1 Å². The third kappa shape index (κ3) is 4.91. The van der Waals surface area contributed by atoms with E-state index in [4.69, 9.17) is 23.2 Å². The van der Waals surface area contributed by atoms with Gasteiger partial charge in [0.2, 0.25) is 5.91 Å². The molecule has 144 valence electrons. The standard InChI is InChI=1S/C20H18Cl2N4O2/c1-25(12-14-10-24-26(13-14)16-5-3-2-4-6-16)19(27)11-23-20(28)17-8-7-15(21)9-18(17)22/h2-10,13H,11-12H2,1H3,(H,23,28). The van der Waals surface area contributed by atoms with Crippen LogP contribution in [0.1, 0.15) is 15.9 Å². The number of carbonyl (C=O) groups excluding carboxylic acids is 2. The topological polar surface area (TPSA) is 67.2 Å². The smallest absolute Gasteiger partial charge is 0.253 e. The van der Waals surface area contributed by atoms with Gasteiger partial charge in [-0.3, -0.25) is 9.59 Å². The summed E-state index contributed by atoms with van der Waals surface area (Å²) in [6, 6.07) is 14.3. The lowest BCUT2D eigenvalue weighted by molar-refractivity contribution is -0.129. The fraction of sp³-hybridized carbons (Fsp3) is 0.150. The van der Waals surface area contributed by atoms with Crippen molar-refractivity contribution in [2.45, 2.75) is 6.54 Å². The molecule has 0 saturated heterocycles. The Morgan fingerprint density at radius 3 is 2.61 bits per heavy atom. The Morgan fingerprint density at radius 1 is 1.14 bits per heavy atom. The van der Waals surface area contributed by atoms with Crippen molar-refractivity contribution in [1.29, 1.82) is 0 Å². The second-order valence-electron chi connectivity index (χ2n) is 6.19. The Balaban J connectivity index is 1.55. The predicted molar refractivity (Wildman–Crippen MR) is 109 cm³/mol. The quantitative estimate of drug-likeness (QED) is 0.667. The molecule has 1 heterocycles. The fourth-order valence-corrected chi connectivity index (χ4v) is 3.08. The van der Waals surface area contributed by atoms with Gasteiger partial charge in [0.1, 0.15) is 0 Å². The number of likely N-dealkylation sites (N-methyl/N-ethyl adjacent to an activating group) is 1. The molecule has 0 atom stereocenters. The van der Waals surface area contributed by atoms with Crippen LogP contribution in [0.15, 0.2) is 60.9 Å². The van der Waals surface area contributed by atoms with E-state index in [9.17, 15) is 9.59 Å². The van der Waals surface area contributed by atoms with Crippen LogP contribution in [0.25, 0.3) is 5.69 Å². The average molecular weight is 417 g/mol. The SMILES string of the molecule is CN(Cc1cnn(-c2ccccc2)c1)C(=O)CNC(=O)c1ccc(Cl)cc1Cl. The summed E-state index contributed by atoms with van der Waals surface area (Å²) in [5, 5.41) is 7.56. The van der Waals surface area contributed by atoms with Gasteiger partial charge >= 0.3 is 0 Å². The zero-order valence-corrected chi connectivity index (χ0v) is 16.6. The van der Waals surface area contributed by atoms with Gasteiger partial charge in [0.25, 0.3) is 5.91 Å². The number of halogens is 2. The molecule has 3 aromatic rings. The molecule has 1 aromatic heterocycles. The van der Waals surface area contributed by atoms with E-state index in [1.807, 2.05) is 36.5 Å². The highest BCUT2D eigenvalue weighted by molar-refractivity contribution is 6.36. The minimum atomic E-state index is -0.430. The van der Waals surface area contributed by atoms with Crippen molar-refractivity contribution in [2.24, 2.45) is 0 Å². The Bertz CT molecular complexity index is 989. The van der Waals surface area contributed by atoms with Crippen LogP contribution in [0.4, 0.5) is 0 Å². The molecule has 28 heavy (non-hydrogen) atoms. The molecule has 3 rings (SSSR count). The van der Waals surface area contributed by atoms with Gasteiger partial charge in [0, 0.05) is 30.4 Å². The maximum absolute atomic E-state index is 12.3. The molecule has 2 amide bonds. The van der Waals surface area contributed by atoms with E-state index in [-0.39, 0.29) is 23.0 Å². The van der Waals surface area contributed by atoms with E-state index in [1.54, 1.807) is 24.0 Å². The number of rotatable bonds is 6. The molecular formula is C20H18Cl2N4O2. The fourth-order valence-electron chi connectivity index (χ4n) is 2.59. The number of nitrogens with one attached hydrogen (secondary N) is 1. The van der Waals surface area contributed by atoms with Gasteiger partial charge in [-0.25, -0.2) is 4.68 Å². The first-order valence-electron chi connectivity index (χ1n) is 8.50. The highest BCUT2D eigenvalue weighted by Crippen LogP contribution is 2.20. The summed E-state index contributed by atoms with van der Waals surface area (Å²) in [6.45, 7) is 0.240. The molecule has 0 bridgehead atoms. The number of hydrogen-bond donors (Lipinski definition) is 1. The molecule has 0 aliphatic rings. The summed E-state index contributed by atoms with van der Waals surface area (Å²) in [5.41, 5.74) is 2.09. The zero-order chi connectivity index (χ0) is 20.1. The molecule has 8 heteroatoms.